The Bertz CT molecular complexity index is 445. The molecule has 0 radical (unpaired) electrons. The predicted molar refractivity (Wildman–Crippen MR) is 74.9 cm³/mol. The highest BCUT2D eigenvalue weighted by molar-refractivity contribution is 5.86. The van der Waals surface area contributed by atoms with Crippen LogP contribution in [0.15, 0.2) is 12.2 Å². The van der Waals surface area contributed by atoms with Gasteiger partial charge >= 0.3 is 5.97 Å². The second-order valence-electron chi connectivity index (χ2n) is 6.87. The molecule has 2 bridgehead atoms. The zero-order chi connectivity index (χ0) is 14.3. The molecule has 0 aromatic carbocycles. The Hall–Kier alpha value is -1.32. The third-order valence-electron chi connectivity index (χ3n) is 5.42. The molecule has 4 nitrogen and oxygen atoms in total. The molecule has 6 atom stereocenters. The number of nitrogens with one attached hydrogen (secondary N) is 1. The van der Waals surface area contributed by atoms with Gasteiger partial charge in [-0.25, -0.2) is 0 Å². The Morgan fingerprint density at radius 1 is 1.15 bits per heavy atom. The fraction of sp³-hybridized carbons (Fsp3) is 0.750. The lowest BCUT2D eigenvalue weighted by Crippen LogP contribution is -2.41. The fourth-order valence-electron chi connectivity index (χ4n) is 4.39. The number of allylic oxidation sites excluding steroid dienone is 2. The highest BCUT2D eigenvalue weighted by Crippen LogP contribution is 2.48. The van der Waals surface area contributed by atoms with Gasteiger partial charge in [0.1, 0.15) is 0 Å². The molecule has 3 rings (SSSR count). The van der Waals surface area contributed by atoms with Crippen molar-refractivity contribution in [3.05, 3.63) is 12.2 Å². The molecule has 4 unspecified atom stereocenters. The smallest absolute Gasteiger partial charge is 0.307 e. The fourth-order valence-corrected chi connectivity index (χ4v) is 4.39. The van der Waals surface area contributed by atoms with Gasteiger partial charge in [-0.1, -0.05) is 25.5 Å². The molecule has 1 amide bonds. The number of carbonyl (C=O) groups is 2. The topological polar surface area (TPSA) is 66.4 Å². The number of carbonyl (C=O) groups excluding carboxylic acids is 1. The van der Waals surface area contributed by atoms with Crippen molar-refractivity contribution in [2.75, 3.05) is 6.54 Å². The van der Waals surface area contributed by atoms with E-state index in [0.717, 1.165) is 12.3 Å². The predicted octanol–water partition coefficient (Wildman–Crippen LogP) is 2.06. The minimum absolute atomic E-state index is 0.0474. The molecule has 0 aromatic rings. The summed E-state index contributed by atoms with van der Waals surface area (Å²) in [4.78, 5) is 23.8. The summed E-state index contributed by atoms with van der Waals surface area (Å²) in [5, 5.41) is 12.4. The van der Waals surface area contributed by atoms with Crippen LogP contribution in [-0.2, 0) is 9.59 Å². The number of amides is 1. The first kappa shape index (κ1) is 13.7. The average Bonchev–Trinajstić information content (AvgIpc) is 3.10. The molecule has 2 fully saturated rings. The summed E-state index contributed by atoms with van der Waals surface area (Å²) in [6.45, 7) is 2.97. The molecule has 2 saturated carbocycles. The second-order valence-corrected chi connectivity index (χ2v) is 6.87. The van der Waals surface area contributed by atoms with E-state index in [1.807, 2.05) is 12.2 Å². The molecule has 0 saturated heterocycles. The maximum atomic E-state index is 12.4. The standard InChI is InChI=1S/C16H23NO3/c1-9-2-3-10(6-9)8-17-15(18)13-11-4-5-12(7-11)14(13)16(19)20/h4-5,9-14H,2-3,6-8H2,1H3,(H,17,18)(H,19,20)/t9?,10?,11?,12?,13-,14+/m0/s1. The Balaban J connectivity index is 1.59. The lowest BCUT2D eigenvalue weighted by atomic mass is 9.82. The van der Waals surface area contributed by atoms with Gasteiger partial charge in [-0.15, -0.1) is 0 Å². The van der Waals surface area contributed by atoms with Crippen molar-refractivity contribution in [2.45, 2.75) is 32.6 Å². The minimum atomic E-state index is -0.823. The van der Waals surface area contributed by atoms with Crippen LogP contribution in [0.25, 0.3) is 0 Å². The Labute approximate surface area is 119 Å². The number of fused-ring (bicyclic) bond motifs is 2. The molecule has 0 aliphatic heterocycles. The normalized spacial score (nSPS) is 42.0. The summed E-state index contributed by atoms with van der Waals surface area (Å²) in [6.07, 6.45) is 8.45. The number of aliphatic carboxylic acids is 1. The molecule has 2 N–H and O–H groups in total. The van der Waals surface area contributed by atoms with Gasteiger partial charge < -0.3 is 10.4 Å². The number of carboxylic acid groups (broad SMARTS) is 1. The summed E-state index contributed by atoms with van der Waals surface area (Å²) in [5.74, 6) is -0.233. The molecule has 110 valence electrons. The molecule has 0 spiro atoms. The summed E-state index contributed by atoms with van der Waals surface area (Å²) < 4.78 is 0. The van der Waals surface area contributed by atoms with E-state index in [1.54, 1.807) is 0 Å². The largest absolute Gasteiger partial charge is 0.481 e. The zero-order valence-corrected chi connectivity index (χ0v) is 11.9. The number of hydrogen-bond acceptors (Lipinski definition) is 2. The Morgan fingerprint density at radius 2 is 1.85 bits per heavy atom. The van der Waals surface area contributed by atoms with E-state index < -0.39 is 11.9 Å². The van der Waals surface area contributed by atoms with Crippen LogP contribution in [0.4, 0.5) is 0 Å². The molecule has 0 heterocycles. The van der Waals surface area contributed by atoms with Crippen molar-refractivity contribution in [1.29, 1.82) is 0 Å². The first-order chi connectivity index (χ1) is 9.56. The van der Waals surface area contributed by atoms with E-state index in [-0.39, 0.29) is 23.7 Å². The van der Waals surface area contributed by atoms with Gasteiger partial charge in [0.15, 0.2) is 0 Å². The van der Waals surface area contributed by atoms with Crippen LogP contribution < -0.4 is 5.32 Å². The van der Waals surface area contributed by atoms with Gasteiger partial charge in [0.2, 0.25) is 5.91 Å². The van der Waals surface area contributed by atoms with Gasteiger partial charge in [0, 0.05) is 6.54 Å². The highest BCUT2D eigenvalue weighted by atomic mass is 16.4. The van der Waals surface area contributed by atoms with Crippen LogP contribution in [0.1, 0.15) is 32.6 Å². The first-order valence-electron chi connectivity index (χ1n) is 7.75. The van der Waals surface area contributed by atoms with Gasteiger partial charge in [0.05, 0.1) is 11.8 Å². The zero-order valence-electron chi connectivity index (χ0n) is 11.9. The third-order valence-corrected chi connectivity index (χ3v) is 5.42. The highest BCUT2D eigenvalue weighted by Gasteiger charge is 2.51. The van der Waals surface area contributed by atoms with Crippen molar-refractivity contribution in [3.63, 3.8) is 0 Å². The van der Waals surface area contributed by atoms with Crippen LogP contribution in [0.3, 0.4) is 0 Å². The molecule has 3 aliphatic rings. The van der Waals surface area contributed by atoms with Crippen molar-refractivity contribution >= 4 is 11.9 Å². The summed E-state index contributed by atoms with van der Waals surface area (Å²) in [5.41, 5.74) is 0. The lowest BCUT2D eigenvalue weighted by molar-refractivity contribution is -0.147. The van der Waals surface area contributed by atoms with Gasteiger partial charge in [0.25, 0.3) is 0 Å². The van der Waals surface area contributed by atoms with E-state index in [2.05, 4.69) is 12.2 Å². The monoisotopic (exact) mass is 277 g/mol. The maximum Gasteiger partial charge on any atom is 0.307 e. The quantitative estimate of drug-likeness (QED) is 0.773. The van der Waals surface area contributed by atoms with E-state index >= 15 is 0 Å². The van der Waals surface area contributed by atoms with Crippen molar-refractivity contribution in [1.82, 2.24) is 5.32 Å². The van der Waals surface area contributed by atoms with Crippen molar-refractivity contribution in [3.8, 4) is 0 Å². The van der Waals surface area contributed by atoms with Crippen molar-refractivity contribution in [2.24, 2.45) is 35.5 Å². The maximum absolute atomic E-state index is 12.4. The molecule has 4 heteroatoms. The van der Waals surface area contributed by atoms with E-state index in [4.69, 9.17) is 0 Å². The Kier molecular flexibility index (Phi) is 3.57. The van der Waals surface area contributed by atoms with Crippen LogP contribution in [0, 0.1) is 35.5 Å². The first-order valence-corrected chi connectivity index (χ1v) is 7.75. The van der Waals surface area contributed by atoms with Gasteiger partial charge in [-0.05, 0) is 42.9 Å². The molecular formula is C16H23NO3. The molecule has 0 aromatic heterocycles. The van der Waals surface area contributed by atoms with Crippen molar-refractivity contribution < 1.29 is 14.7 Å². The van der Waals surface area contributed by atoms with Crippen LogP contribution in [-0.4, -0.2) is 23.5 Å². The average molecular weight is 277 g/mol. The van der Waals surface area contributed by atoms with Gasteiger partial charge in [-0.2, -0.15) is 0 Å². The number of rotatable bonds is 4. The van der Waals surface area contributed by atoms with E-state index in [0.29, 0.717) is 12.5 Å². The Morgan fingerprint density at radius 3 is 2.45 bits per heavy atom. The third kappa shape index (κ3) is 2.36. The summed E-state index contributed by atoms with van der Waals surface area (Å²) in [7, 11) is 0. The van der Waals surface area contributed by atoms with Crippen LogP contribution in [0.5, 0.6) is 0 Å². The number of hydrogen-bond donors (Lipinski definition) is 2. The summed E-state index contributed by atoms with van der Waals surface area (Å²) >= 11 is 0. The van der Waals surface area contributed by atoms with E-state index in [9.17, 15) is 14.7 Å². The summed E-state index contributed by atoms with van der Waals surface area (Å²) in [6, 6.07) is 0. The lowest BCUT2D eigenvalue weighted by Gasteiger charge is -2.24. The molecular weight excluding hydrogens is 254 g/mol. The minimum Gasteiger partial charge on any atom is -0.481 e. The van der Waals surface area contributed by atoms with Gasteiger partial charge in [-0.3, -0.25) is 9.59 Å². The van der Waals surface area contributed by atoms with Crippen LogP contribution >= 0.6 is 0 Å². The molecule has 20 heavy (non-hydrogen) atoms. The second kappa shape index (κ2) is 5.23. The SMILES string of the molecule is CC1CCC(CNC(=O)[C@H]2C3C=CC(C3)[C@H]2C(=O)O)C1. The van der Waals surface area contributed by atoms with E-state index in [1.165, 1.54) is 19.3 Å². The number of carboxylic acids is 1. The van der Waals surface area contributed by atoms with Crippen LogP contribution in [0.2, 0.25) is 0 Å². The molecule has 3 aliphatic carbocycles.